The highest BCUT2D eigenvalue weighted by Gasteiger charge is 2.26. The van der Waals surface area contributed by atoms with Crippen LogP contribution in [0.2, 0.25) is 0 Å². The Morgan fingerprint density at radius 1 is 1.43 bits per heavy atom. The van der Waals surface area contributed by atoms with Crippen molar-refractivity contribution in [2.24, 2.45) is 0 Å². The zero-order valence-corrected chi connectivity index (χ0v) is 9.42. The van der Waals surface area contributed by atoms with E-state index in [1.807, 2.05) is 30.8 Å². The molecule has 0 unspecified atom stereocenters. The minimum Gasteiger partial charge on any atom is -0.337 e. The Bertz CT molecular complexity index is 190. The fourth-order valence-corrected chi connectivity index (χ4v) is 1.59. The van der Waals surface area contributed by atoms with Gasteiger partial charge < -0.3 is 15.1 Å². The SMILES string of the molecule is CCN(C(=O)CCN(C)C)C1CNC1. The average Bonchev–Trinajstić information content (AvgIpc) is 2.06. The van der Waals surface area contributed by atoms with Gasteiger partial charge in [-0.25, -0.2) is 0 Å². The molecule has 4 nitrogen and oxygen atoms in total. The number of carbonyl (C=O) groups is 1. The lowest BCUT2D eigenvalue weighted by atomic mass is 10.1. The molecule has 82 valence electrons. The third-order valence-corrected chi connectivity index (χ3v) is 2.63. The summed E-state index contributed by atoms with van der Waals surface area (Å²) < 4.78 is 0. The Kier molecular flexibility index (Phi) is 4.35. The maximum atomic E-state index is 11.8. The number of carbonyl (C=O) groups excluding carboxylic acids is 1. The molecule has 1 N–H and O–H groups in total. The molecule has 1 aliphatic heterocycles. The van der Waals surface area contributed by atoms with E-state index in [1.54, 1.807) is 0 Å². The van der Waals surface area contributed by atoms with Crippen LogP contribution in [0.15, 0.2) is 0 Å². The number of nitrogens with one attached hydrogen (secondary N) is 1. The fourth-order valence-electron chi connectivity index (χ4n) is 1.59. The quantitative estimate of drug-likeness (QED) is 0.664. The van der Waals surface area contributed by atoms with Crippen LogP contribution in [0.1, 0.15) is 13.3 Å². The van der Waals surface area contributed by atoms with E-state index in [2.05, 4.69) is 5.32 Å². The van der Waals surface area contributed by atoms with E-state index in [9.17, 15) is 4.79 Å². The summed E-state index contributed by atoms with van der Waals surface area (Å²) in [5.41, 5.74) is 0. The number of nitrogens with zero attached hydrogens (tertiary/aromatic N) is 2. The normalized spacial score (nSPS) is 16.9. The van der Waals surface area contributed by atoms with Gasteiger partial charge in [0.1, 0.15) is 0 Å². The Labute approximate surface area is 86.2 Å². The second kappa shape index (κ2) is 5.32. The molecular formula is C10H21N3O. The summed E-state index contributed by atoms with van der Waals surface area (Å²) in [6.07, 6.45) is 0.636. The van der Waals surface area contributed by atoms with Gasteiger partial charge in [0.25, 0.3) is 0 Å². The molecule has 1 aliphatic rings. The minimum absolute atomic E-state index is 0.285. The third-order valence-electron chi connectivity index (χ3n) is 2.63. The van der Waals surface area contributed by atoms with Crippen molar-refractivity contribution < 1.29 is 4.79 Å². The summed E-state index contributed by atoms with van der Waals surface area (Å²) in [4.78, 5) is 15.8. The summed E-state index contributed by atoms with van der Waals surface area (Å²) in [5.74, 6) is 0.285. The van der Waals surface area contributed by atoms with Crippen molar-refractivity contribution in [2.45, 2.75) is 19.4 Å². The lowest BCUT2D eigenvalue weighted by Gasteiger charge is -2.37. The van der Waals surface area contributed by atoms with Gasteiger partial charge in [0.15, 0.2) is 0 Å². The molecule has 1 fully saturated rings. The van der Waals surface area contributed by atoms with Gasteiger partial charge in [-0.2, -0.15) is 0 Å². The highest BCUT2D eigenvalue weighted by molar-refractivity contribution is 5.76. The summed E-state index contributed by atoms with van der Waals surface area (Å²) in [6.45, 7) is 5.64. The maximum absolute atomic E-state index is 11.8. The number of hydrogen-bond donors (Lipinski definition) is 1. The van der Waals surface area contributed by atoms with Crippen LogP contribution in [0.25, 0.3) is 0 Å². The number of likely N-dealkylation sites (N-methyl/N-ethyl adjacent to an activating group) is 1. The fraction of sp³-hybridized carbons (Fsp3) is 0.900. The summed E-state index contributed by atoms with van der Waals surface area (Å²) in [6, 6.07) is 0.440. The van der Waals surface area contributed by atoms with Gasteiger partial charge in [0.2, 0.25) is 5.91 Å². The molecule has 14 heavy (non-hydrogen) atoms. The Morgan fingerprint density at radius 2 is 2.07 bits per heavy atom. The van der Waals surface area contributed by atoms with Crippen LogP contribution >= 0.6 is 0 Å². The van der Waals surface area contributed by atoms with Crippen molar-refractivity contribution in [3.05, 3.63) is 0 Å². The maximum Gasteiger partial charge on any atom is 0.224 e. The van der Waals surface area contributed by atoms with Crippen molar-refractivity contribution in [2.75, 3.05) is 40.3 Å². The van der Waals surface area contributed by atoms with Crippen LogP contribution in [0.5, 0.6) is 0 Å². The first-order chi connectivity index (χ1) is 6.65. The molecule has 0 aromatic carbocycles. The first-order valence-corrected chi connectivity index (χ1v) is 5.30. The molecule has 0 atom stereocenters. The van der Waals surface area contributed by atoms with Crippen LogP contribution < -0.4 is 5.32 Å². The molecule has 1 heterocycles. The zero-order chi connectivity index (χ0) is 10.6. The van der Waals surface area contributed by atoms with Crippen molar-refractivity contribution in [1.82, 2.24) is 15.1 Å². The van der Waals surface area contributed by atoms with E-state index < -0.39 is 0 Å². The molecular weight excluding hydrogens is 178 g/mol. The topological polar surface area (TPSA) is 35.6 Å². The summed E-state index contributed by atoms with van der Waals surface area (Å²) >= 11 is 0. The van der Waals surface area contributed by atoms with Gasteiger partial charge in [-0.15, -0.1) is 0 Å². The zero-order valence-electron chi connectivity index (χ0n) is 9.42. The minimum atomic E-state index is 0.285. The van der Waals surface area contributed by atoms with Gasteiger partial charge in [-0.05, 0) is 21.0 Å². The van der Waals surface area contributed by atoms with Crippen LogP contribution in [0.3, 0.4) is 0 Å². The van der Waals surface area contributed by atoms with Crippen molar-refractivity contribution in [3.63, 3.8) is 0 Å². The first kappa shape index (κ1) is 11.5. The monoisotopic (exact) mass is 199 g/mol. The highest BCUT2D eigenvalue weighted by atomic mass is 16.2. The third kappa shape index (κ3) is 2.96. The Morgan fingerprint density at radius 3 is 2.43 bits per heavy atom. The smallest absolute Gasteiger partial charge is 0.224 e. The molecule has 0 saturated carbocycles. The summed E-state index contributed by atoms with van der Waals surface area (Å²) in [5, 5.41) is 3.19. The van der Waals surface area contributed by atoms with E-state index in [0.717, 1.165) is 26.2 Å². The van der Waals surface area contributed by atoms with Crippen LogP contribution in [-0.2, 0) is 4.79 Å². The van der Waals surface area contributed by atoms with Gasteiger partial charge in [-0.3, -0.25) is 4.79 Å². The molecule has 0 aromatic heterocycles. The Hall–Kier alpha value is -0.610. The van der Waals surface area contributed by atoms with Crippen molar-refractivity contribution in [3.8, 4) is 0 Å². The molecule has 0 bridgehead atoms. The van der Waals surface area contributed by atoms with Gasteiger partial charge in [-0.1, -0.05) is 0 Å². The predicted molar refractivity (Wildman–Crippen MR) is 57.2 cm³/mol. The van der Waals surface area contributed by atoms with Crippen LogP contribution in [0, 0.1) is 0 Å². The molecule has 0 radical (unpaired) electrons. The van der Waals surface area contributed by atoms with E-state index in [4.69, 9.17) is 0 Å². The van der Waals surface area contributed by atoms with Crippen molar-refractivity contribution in [1.29, 1.82) is 0 Å². The number of rotatable bonds is 5. The van der Waals surface area contributed by atoms with Gasteiger partial charge in [0.05, 0.1) is 6.04 Å². The molecule has 1 saturated heterocycles. The first-order valence-electron chi connectivity index (χ1n) is 5.30. The molecule has 0 aliphatic carbocycles. The number of hydrogen-bond acceptors (Lipinski definition) is 3. The summed E-state index contributed by atoms with van der Waals surface area (Å²) in [7, 11) is 3.99. The van der Waals surface area contributed by atoms with Crippen LogP contribution in [0.4, 0.5) is 0 Å². The largest absolute Gasteiger partial charge is 0.337 e. The second-order valence-electron chi connectivity index (χ2n) is 4.05. The van der Waals surface area contributed by atoms with E-state index in [-0.39, 0.29) is 5.91 Å². The van der Waals surface area contributed by atoms with E-state index in [1.165, 1.54) is 0 Å². The predicted octanol–water partition coefficient (Wildman–Crippen LogP) is -0.242. The molecule has 0 spiro atoms. The second-order valence-corrected chi connectivity index (χ2v) is 4.05. The Balaban J connectivity index is 2.31. The molecule has 1 rings (SSSR count). The molecule has 0 aromatic rings. The highest BCUT2D eigenvalue weighted by Crippen LogP contribution is 2.06. The van der Waals surface area contributed by atoms with Crippen molar-refractivity contribution >= 4 is 5.91 Å². The molecule has 4 heteroatoms. The lowest BCUT2D eigenvalue weighted by Crippen LogP contribution is -2.58. The average molecular weight is 199 g/mol. The van der Waals surface area contributed by atoms with Crippen LogP contribution in [-0.4, -0.2) is 62.0 Å². The lowest BCUT2D eigenvalue weighted by molar-refractivity contribution is -0.134. The van der Waals surface area contributed by atoms with Gasteiger partial charge >= 0.3 is 0 Å². The van der Waals surface area contributed by atoms with E-state index >= 15 is 0 Å². The standard InChI is InChI=1S/C10H21N3O/c1-4-13(9-7-11-8-9)10(14)5-6-12(2)3/h9,11H,4-8H2,1-3H3. The van der Waals surface area contributed by atoms with E-state index in [0.29, 0.717) is 12.5 Å². The van der Waals surface area contributed by atoms with Gasteiger partial charge in [0, 0.05) is 32.6 Å². The number of amides is 1. The molecule has 1 amide bonds.